The van der Waals surface area contributed by atoms with Crippen molar-refractivity contribution in [1.29, 1.82) is 0 Å². The summed E-state index contributed by atoms with van der Waals surface area (Å²) in [7, 11) is 3.64. The van der Waals surface area contributed by atoms with E-state index in [2.05, 4.69) is 29.3 Å². The van der Waals surface area contributed by atoms with Crippen LogP contribution in [0.5, 0.6) is 0 Å². The van der Waals surface area contributed by atoms with Crippen LogP contribution < -0.4 is 11.1 Å². The van der Waals surface area contributed by atoms with Gasteiger partial charge in [-0.15, -0.1) is 0 Å². The third-order valence-corrected chi connectivity index (χ3v) is 2.80. The maximum absolute atomic E-state index is 5.63. The number of nitrogens with one attached hydrogen (secondary N) is 1. The lowest BCUT2D eigenvalue weighted by molar-refractivity contribution is 0.650. The third-order valence-electron chi connectivity index (χ3n) is 2.80. The second-order valence-corrected chi connectivity index (χ2v) is 4.13. The van der Waals surface area contributed by atoms with Crippen LogP contribution >= 0.6 is 0 Å². The lowest BCUT2D eigenvalue weighted by Crippen LogP contribution is -2.39. The van der Waals surface area contributed by atoms with Gasteiger partial charge >= 0.3 is 0 Å². The Bertz CT molecular complexity index is 391. The highest BCUT2D eigenvalue weighted by atomic mass is 15.3. The van der Waals surface area contributed by atoms with Crippen LogP contribution in [0.2, 0.25) is 0 Å². The maximum atomic E-state index is 5.63. The lowest BCUT2D eigenvalue weighted by Gasteiger charge is -2.14. The van der Waals surface area contributed by atoms with Crippen molar-refractivity contribution in [3.8, 4) is 0 Å². The third kappa shape index (κ3) is 2.74. The van der Waals surface area contributed by atoms with Gasteiger partial charge in [0.05, 0.1) is 5.69 Å². The second-order valence-electron chi connectivity index (χ2n) is 4.13. The van der Waals surface area contributed by atoms with Gasteiger partial charge in [-0.3, -0.25) is 9.67 Å². The molecule has 0 aliphatic carbocycles. The molecule has 16 heavy (non-hydrogen) atoms. The Hall–Kier alpha value is -1.52. The van der Waals surface area contributed by atoms with E-state index in [1.54, 1.807) is 7.05 Å². The van der Waals surface area contributed by atoms with Crippen LogP contribution in [-0.4, -0.2) is 28.8 Å². The molecular weight excluding hydrogens is 202 g/mol. The monoisotopic (exact) mass is 223 g/mol. The molecule has 5 nitrogen and oxygen atoms in total. The molecule has 90 valence electrons. The molecule has 0 spiro atoms. The number of aromatic nitrogens is 2. The van der Waals surface area contributed by atoms with Crippen LogP contribution in [0.4, 0.5) is 0 Å². The molecule has 1 atom stereocenters. The van der Waals surface area contributed by atoms with Crippen molar-refractivity contribution in [3.05, 3.63) is 17.0 Å². The van der Waals surface area contributed by atoms with E-state index in [0.29, 0.717) is 5.96 Å². The van der Waals surface area contributed by atoms with Crippen LogP contribution in [0.3, 0.4) is 0 Å². The molecule has 0 saturated carbocycles. The predicted octanol–water partition coefficient (Wildman–Crippen LogP) is 0.502. The van der Waals surface area contributed by atoms with E-state index in [1.165, 1.54) is 11.3 Å². The first-order valence-electron chi connectivity index (χ1n) is 5.43. The average Bonchev–Trinajstić information content (AvgIpc) is 2.45. The van der Waals surface area contributed by atoms with Crippen molar-refractivity contribution in [1.82, 2.24) is 15.1 Å². The number of hydrogen-bond acceptors (Lipinski definition) is 2. The predicted molar refractivity (Wildman–Crippen MR) is 66.5 cm³/mol. The Balaban J connectivity index is 2.73. The summed E-state index contributed by atoms with van der Waals surface area (Å²) >= 11 is 0. The fraction of sp³-hybridized carbons (Fsp3) is 0.636. The highest BCUT2D eigenvalue weighted by Gasteiger charge is 2.12. The molecule has 0 aromatic carbocycles. The largest absolute Gasteiger partial charge is 0.370 e. The van der Waals surface area contributed by atoms with Gasteiger partial charge in [-0.2, -0.15) is 5.10 Å². The van der Waals surface area contributed by atoms with E-state index in [4.69, 9.17) is 5.73 Å². The van der Waals surface area contributed by atoms with Crippen LogP contribution in [0.25, 0.3) is 0 Å². The number of hydrogen-bond donors (Lipinski definition) is 2. The average molecular weight is 223 g/mol. The van der Waals surface area contributed by atoms with Crippen LogP contribution in [0, 0.1) is 13.8 Å². The maximum Gasteiger partial charge on any atom is 0.188 e. The molecule has 5 heteroatoms. The normalized spacial score (nSPS) is 13.9. The van der Waals surface area contributed by atoms with E-state index in [0.717, 1.165) is 12.1 Å². The minimum atomic E-state index is 0.255. The fourth-order valence-electron chi connectivity index (χ4n) is 1.79. The fourth-order valence-corrected chi connectivity index (χ4v) is 1.79. The molecule has 0 fully saturated rings. The first-order valence-corrected chi connectivity index (χ1v) is 5.43. The Morgan fingerprint density at radius 3 is 2.62 bits per heavy atom. The molecule has 0 bridgehead atoms. The van der Waals surface area contributed by atoms with E-state index >= 15 is 0 Å². The molecule has 0 amide bonds. The van der Waals surface area contributed by atoms with Crippen molar-refractivity contribution >= 4 is 5.96 Å². The molecule has 1 unspecified atom stereocenters. The number of rotatable bonds is 3. The minimum absolute atomic E-state index is 0.255. The molecule has 1 aromatic rings. The van der Waals surface area contributed by atoms with Crippen LogP contribution in [0.1, 0.15) is 23.9 Å². The topological polar surface area (TPSA) is 68.2 Å². The SMILES string of the molecule is CN=C(N)NC(C)Cc1c(C)nn(C)c1C. The molecule has 1 rings (SSSR count). The number of nitrogens with zero attached hydrogens (tertiary/aromatic N) is 3. The molecule has 3 N–H and O–H groups in total. The summed E-state index contributed by atoms with van der Waals surface area (Å²) in [5.74, 6) is 0.478. The van der Waals surface area contributed by atoms with Crippen molar-refractivity contribution in [2.24, 2.45) is 17.8 Å². The molecular formula is C11H21N5. The first-order chi connectivity index (χ1) is 7.45. The van der Waals surface area contributed by atoms with Crippen molar-refractivity contribution in [2.45, 2.75) is 33.2 Å². The number of aryl methyl sites for hydroxylation is 2. The van der Waals surface area contributed by atoms with Gasteiger partial charge in [-0.05, 0) is 32.8 Å². The van der Waals surface area contributed by atoms with Crippen LogP contribution in [0.15, 0.2) is 4.99 Å². The van der Waals surface area contributed by atoms with Gasteiger partial charge in [-0.1, -0.05) is 0 Å². The van der Waals surface area contributed by atoms with E-state index < -0.39 is 0 Å². The first kappa shape index (κ1) is 12.5. The zero-order valence-corrected chi connectivity index (χ0v) is 10.7. The van der Waals surface area contributed by atoms with Gasteiger partial charge in [0.25, 0.3) is 0 Å². The summed E-state index contributed by atoms with van der Waals surface area (Å²) in [6.07, 6.45) is 0.904. The van der Waals surface area contributed by atoms with E-state index in [1.807, 2.05) is 18.7 Å². The molecule has 0 aliphatic rings. The molecule has 0 saturated heterocycles. The molecule has 1 aromatic heterocycles. The lowest BCUT2D eigenvalue weighted by atomic mass is 10.1. The second kappa shape index (κ2) is 5.01. The molecule has 0 aliphatic heterocycles. The summed E-state index contributed by atoms with van der Waals surface area (Å²) < 4.78 is 1.91. The van der Waals surface area contributed by atoms with Crippen molar-refractivity contribution in [2.75, 3.05) is 7.05 Å². The quantitative estimate of drug-likeness (QED) is 0.579. The summed E-state index contributed by atoms with van der Waals surface area (Å²) in [6, 6.07) is 0.255. The van der Waals surface area contributed by atoms with Gasteiger partial charge in [0.1, 0.15) is 0 Å². The highest BCUT2D eigenvalue weighted by molar-refractivity contribution is 5.77. The number of guanidine groups is 1. The number of aliphatic imine (C=N–C) groups is 1. The Morgan fingerprint density at radius 1 is 1.56 bits per heavy atom. The Labute approximate surface area is 96.7 Å². The zero-order valence-electron chi connectivity index (χ0n) is 10.7. The van der Waals surface area contributed by atoms with E-state index in [9.17, 15) is 0 Å². The van der Waals surface area contributed by atoms with Crippen molar-refractivity contribution in [3.63, 3.8) is 0 Å². The van der Waals surface area contributed by atoms with Gasteiger partial charge in [0.15, 0.2) is 5.96 Å². The standard InChI is InChI=1S/C11H21N5/c1-7(14-11(12)13-4)6-10-8(2)15-16(5)9(10)3/h7H,6H2,1-5H3,(H3,12,13,14). The smallest absolute Gasteiger partial charge is 0.188 e. The van der Waals surface area contributed by atoms with Gasteiger partial charge in [-0.25, -0.2) is 0 Å². The van der Waals surface area contributed by atoms with Gasteiger partial charge in [0, 0.05) is 25.8 Å². The van der Waals surface area contributed by atoms with E-state index in [-0.39, 0.29) is 6.04 Å². The molecule has 0 radical (unpaired) electrons. The van der Waals surface area contributed by atoms with Gasteiger partial charge < -0.3 is 11.1 Å². The van der Waals surface area contributed by atoms with Crippen molar-refractivity contribution < 1.29 is 0 Å². The Kier molecular flexibility index (Phi) is 3.93. The zero-order chi connectivity index (χ0) is 12.3. The summed E-state index contributed by atoms with van der Waals surface area (Å²) in [5, 5.41) is 7.52. The molecule has 1 heterocycles. The summed E-state index contributed by atoms with van der Waals surface area (Å²) in [5.41, 5.74) is 9.20. The van der Waals surface area contributed by atoms with Crippen LogP contribution in [-0.2, 0) is 13.5 Å². The minimum Gasteiger partial charge on any atom is -0.370 e. The highest BCUT2D eigenvalue weighted by Crippen LogP contribution is 2.13. The Morgan fingerprint density at radius 2 is 2.19 bits per heavy atom. The number of nitrogens with two attached hydrogens (primary N) is 1. The summed E-state index contributed by atoms with van der Waals surface area (Å²) in [4.78, 5) is 3.88. The summed E-state index contributed by atoms with van der Waals surface area (Å²) in [6.45, 7) is 6.20. The van der Waals surface area contributed by atoms with Gasteiger partial charge in [0.2, 0.25) is 0 Å².